The lowest BCUT2D eigenvalue weighted by molar-refractivity contribution is 1.16. The first-order valence-electron chi connectivity index (χ1n) is 11.0. The zero-order valence-electron chi connectivity index (χ0n) is 20.0. The molecular formula is C30H22Br2N4. The number of halogens is 2. The summed E-state index contributed by atoms with van der Waals surface area (Å²) in [7, 11) is 0. The van der Waals surface area contributed by atoms with Crippen LogP contribution in [0, 0.1) is 71.0 Å². The summed E-state index contributed by atoms with van der Waals surface area (Å²) in [6, 6.07) is 24.2. The summed E-state index contributed by atoms with van der Waals surface area (Å²) in [5.41, 5.74) is 7.74. The highest BCUT2D eigenvalue weighted by atomic mass is 79.9. The summed E-state index contributed by atoms with van der Waals surface area (Å²) in [5, 5.41) is 35.0. The second-order valence-electron chi connectivity index (χ2n) is 7.93. The van der Waals surface area contributed by atoms with Gasteiger partial charge in [0.25, 0.3) is 0 Å². The van der Waals surface area contributed by atoms with E-state index in [-0.39, 0.29) is 0 Å². The van der Waals surface area contributed by atoms with E-state index in [0.29, 0.717) is 25.7 Å². The second kappa shape index (κ2) is 14.5. The van der Waals surface area contributed by atoms with Gasteiger partial charge in [-0.05, 0) is 65.9 Å². The third-order valence-electron chi connectivity index (χ3n) is 5.25. The molecular weight excluding hydrogens is 576 g/mol. The van der Waals surface area contributed by atoms with Crippen LogP contribution < -0.4 is 0 Å². The van der Waals surface area contributed by atoms with Crippen LogP contribution in [0.25, 0.3) is 0 Å². The van der Waals surface area contributed by atoms with Gasteiger partial charge in [-0.1, -0.05) is 73.5 Å². The Labute approximate surface area is 229 Å². The Kier molecular flexibility index (Phi) is 11.4. The maximum Gasteiger partial charge on any atom is 0.0670 e. The SMILES string of the molecule is Cc1ccc(C#Cc2cc(C)c(CC#N)cc2CC#N)cc1.N#CCc1cc(CC#N)c(Br)cc1Br. The standard InChI is InChI=1S/C20H16N2.C10H6Br2N2/c1-15-3-5-17(6-4-15)7-8-19-13-16(2)18(9-11-21)14-20(19)10-12-22;11-9-6-10(12)8(2-4-14)5-7(9)1-3-13/h3-6,13-14H,9-10H2,1-2H3;5-6H,1-2H2. The summed E-state index contributed by atoms with van der Waals surface area (Å²) in [6.07, 6.45) is 1.37. The predicted molar refractivity (Wildman–Crippen MR) is 147 cm³/mol. The average Bonchev–Trinajstić information content (AvgIpc) is 2.85. The molecule has 0 unspecified atom stereocenters. The first-order valence-corrected chi connectivity index (χ1v) is 12.6. The number of aryl methyl sites for hydroxylation is 2. The minimum Gasteiger partial charge on any atom is -0.198 e. The predicted octanol–water partition coefficient (Wildman–Crippen LogP) is 7.18. The molecule has 3 rings (SSSR count). The molecule has 3 aromatic rings. The molecule has 0 radical (unpaired) electrons. The van der Waals surface area contributed by atoms with Crippen LogP contribution in [0.4, 0.5) is 0 Å². The molecule has 0 aromatic heterocycles. The van der Waals surface area contributed by atoms with Gasteiger partial charge in [-0.15, -0.1) is 0 Å². The van der Waals surface area contributed by atoms with Crippen LogP contribution in [0.2, 0.25) is 0 Å². The van der Waals surface area contributed by atoms with Gasteiger partial charge in [-0.25, -0.2) is 0 Å². The maximum atomic E-state index is 8.99. The Morgan fingerprint density at radius 1 is 0.583 bits per heavy atom. The Morgan fingerprint density at radius 3 is 1.58 bits per heavy atom. The van der Waals surface area contributed by atoms with Gasteiger partial charge in [0.2, 0.25) is 0 Å². The Hall–Kier alpha value is -3.86. The minimum absolute atomic E-state index is 0.302. The van der Waals surface area contributed by atoms with Crippen LogP contribution in [-0.2, 0) is 25.7 Å². The number of nitriles is 4. The van der Waals surface area contributed by atoms with Crippen LogP contribution in [-0.4, -0.2) is 0 Å². The zero-order valence-corrected chi connectivity index (χ0v) is 23.2. The number of hydrogen-bond acceptors (Lipinski definition) is 4. The largest absolute Gasteiger partial charge is 0.198 e. The average molecular weight is 598 g/mol. The molecule has 0 fully saturated rings. The molecule has 176 valence electrons. The van der Waals surface area contributed by atoms with Crippen molar-refractivity contribution in [3.8, 4) is 36.1 Å². The molecule has 3 aromatic carbocycles. The Morgan fingerprint density at radius 2 is 1.06 bits per heavy atom. The summed E-state index contributed by atoms with van der Waals surface area (Å²) in [4.78, 5) is 0. The van der Waals surface area contributed by atoms with Crippen molar-refractivity contribution in [1.82, 2.24) is 0 Å². The highest BCUT2D eigenvalue weighted by molar-refractivity contribution is 9.11. The van der Waals surface area contributed by atoms with Crippen molar-refractivity contribution >= 4 is 31.9 Å². The molecule has 0 N–H and O–H groups in total. The lowest BCUT2D eigenvalue weighted by Crippen LogP contribution is -1.96. The number of hydrogen-bond donors (Lipinski definition) is 0. The lowest BCUT2D eigenvalue weighted by Gasteiger charge is -2.07. The van der Waals surface area contributed by atoms with E-state index < -0.39 is 0 Å². The summed E-state index contributed by atoms with van der Waals surface area (Å²) < 4.78 is 1.79. The topological polar surface area (TPSA) is 95.2 Å². The highest BCUT2D eigenvalue weighted by Gasteiger charge is 2.07. The van der Waals surface area contributed by atoms with Gasteiger partial charge in [-0.3, -0.25) is 0 Å². The van der Waals surface area contributed by atoms with Crippen LogP contribution in [0.15, 0.2) is 57.5 Å². The number of nitrogens with zero attached hydrogens (tertiary/aromatic N) is 4. The molecule has 36 heavy (non-hydrogen) atoms. The fourth-order valence-electron chi connectivity index (χ4n) is 3.29. The van der Waals surface area contributed by atoms with Gasteiger partial charge >= 0.3 is 0 Å². The third-order valence-corrected chi connectivity index (χ3v) is 6.72. The van der Waals surface area contributed by atoms with Gasteiger partial charge < -0.3 is 0 Å². The summed E-state index contributed by atoms with van der Waals surface area (Å²) in [5.74, 6) is 6.30. The van der Waals surface area contributed by atoms with Crippen LogP contribution in [0.1, 0.15) is 44.5 Å². The first kappa shape index (κ1) is 28.4. The molecule has 0 heterocycles. The molecule has 0 aliphatic heterocycles. The molecule has 0 bridgehead atoms. The molecule has 6 heteroatoms. The van der Waals surface area contributed by atoms with E-state index in [1.807, 2.05) is 62.4 Å². The van der Waals surface area contributed by atoms with Gasteiger partial charge in [0.1, 0.15) is 0 Å². The van der Waals surface area contributed by atoms with E-state index in [0.717, 1.165) is 47.9 Å². The van der Waals surface area contributed by atoms with Gasteiger partial charge in [0.05, 0.1) is 50.0 Å². The van der Waals surface area contributed by atoms with Crippen LogP contribution in [0.5, 0.6) is 0 Å². The Bertz CT molecular complexity index is 1430. The first-order chi connectivity index (χ1) is 17.3. The third kappa shape index (κ3) is 8.42. The molecule has 0 saturated heterocycles. The van der Waals surface area contributed by atoms with E-state index in [1.165, 1.54) is 5.56 Å². The fraction of sp³-hybridized carbons (Fsp3) is 0.200. The quantitative estimate of drug-likeness (QED) is 0.298. The van der Waals surface area contributed by atoms with E-state index in [9.17, 15) is 0 Å². The molecule has 0 amide bonds. The highest BCUT2D eigenvalue weighted by Crippen LogP contribution is 2.26. The summed E-state index contributed by atoms with van der Waals surface area (Å²) >= 11 is 6.74. The number of rotatable bonds is 4. The van der Waals surface area contributed by atoms with Crippen molar-refractivity contribution in [1.29, 1.82) is 21.0 Å². The van der Waals surface area contributed by atoms with Crippen molar-refractivity contribution in [3.05, 3.63) is 102 Å². The lowest BCUT2D eigenvalue weighted by atomic mass is 9.96. The fourth-order valence-corrected chi connectivity index (χ4v) is 4.56. The monoisotopic (exact) mass is 596 g/mol. The molecule has 0 aliphatic carbocycles. The van der Waals surface area contributed by atoms with E-state index in [4.69, 9.17) is 21.0 Å². The zero-order chi connectivity index (χ0) is 26.5. The van der Waals surface area contributed by atoms with Crippen LogP contribution in [0.3, 0.4) is 0 Å². The van der Waals surface area contributed by atoms with Crippen molar-refractivity contribution < 1.29 is 0 Å². The molecule has 0 aliphatic rings. The van der Waals surface area contributed by atoms with Crippen molar-refractivity contribution in [2.45, 2.75) is 39.5 Å². The van der Waals surface area contributed by atoms with Crippen molar-refractivity contribution in [3.63, 3.8) is 0 Å². The molecule has 0 atom stereocenters. The maximum absolute atomic E-state index is 8.99. The van der Waals surface area contributed by atoms with E-state index >= 15 is 0 Å². The second-order valence-corrected chi connectivity index (χ2v) is 9.64. The van der Waals surface area contributed by atoms with E-state index in [2.05, 4.69) is 68.0 Å². The molecule has 0 saturated carbocycles. The minimum atomic E-state index is 0.302. The summed E-state index contributed by atoms with van der Waals surface area (Å²) in [6.45, 7) is 4.01. The molecule has 0 spiro atoms. The van der Waals surface area contributed by atoms with Gasteiger partial charge in [0.15, 0.2) is 0 Å². The van der Waals surface area contributed by atoms with Gasteiger partial charge in [0, 0.05) is 20.1 Å². The van der Waals surface area contributed by atoms with Gasteiger partial charge in [-0.2, -0.15) is 21.0 Å². The van der Waals surface area contributed by atoms with Crippen molar-refractivity contribution in [2.24, 2.45) is 0 Å². The smallest absolute Gasteiger partial charge is 0.0670 e. The number of benzene rings is 3. The molecule has 4 nitrogen and oxygen atoms in total. The Balaban J connectivity index is 0.000000281. The van der Waals surface area contributed by atoms with E-state index in [1.54, 1.807) is 0 Å². The van der Waals surface area contributed by atoms with Crippen molar-refractivity contribution in [2.75, 3.05) is 0 Å². The van der Waals surface area contributed by atoms with Crippen LogP contribution >= 0.6 is 31.9 Å². The normalized spacial score (nSPS) is 9.22.